The molecule has 0 spiro atoms. The highest BCUT2D eigenvalue weighted by atomic mass is 15.3. The topological polar surface area (TPSA) is 24.4 Å². The fourth-order valence-electron chi connectivity index (χ4n) is 2.00. The van der Waals surface area contributed by atoms with E-state index in [2.05, 4.69) is 48.7 Å². The Morgan fingerprint density at radius 1 is 1.31 bits per heavy atom. The van der Waals surface area contributed by atoms with Crippen molar-refractivity contribution in [3.63, 3.8) is 0 Å². The molecular formula is C14H22N2. The lowest BCUT2D eigenvalue weighted by atomic mass is 9.74. The lowest BCUT2D eigenvalue weighted by Crippen LogP contribution is -2.24. The van der Waals surface area contributed by atoms with Gasteiger partial charge in [-0.1, -0.05) is 52.0 Å². The minimum Gasteiger partial charge on any atom is -0.306 e. The highest BCUT2D eigenvalue weighted by Crippen LogP contribution is 2.39. The monoisotopic (exact) mass is 218 g/mol. The van der Waals surface area contributed by atoms with Gasteiger partial charge in [0.1, 0.15) is 0 Å². The molecule has 2 aliphatic rings. The summed E-state index contributed by atoms with van der Waals surface area (Å²) in [7, 11) is 0. The number of hydrogen-bond acceptors (Lipinski definition) is 2. The molecule has 0 saturated heterocycles. The molecule has 1 heterocycles. The number of nitrogens with zero attached hydrogens (tertiary/aromatic N) is 1. The Balaban J connectivity index is 0.000000606. The van der Waals surface area contributed by atoms with Crippen LogP contribution in [0, 0.1) is 5.41 Å². The molecule has 0 saturated carbocycles. The Labute approximate surface area is 98.8 Å². The summed E-state index contributed by atoms with van der Waals surface area (Å²) in [5.41, 5.74) is 5.92. The maximum atomic E-state index is 4.18. The second-order valence-corrected chi connectivity index (χ2v) is 3.98. The third-order valence-electron chi connectivity index (χ3n) is 3.30. The van der Waals surface area contributed by atoms with E-state index in [1.807, 2.05) is 20.1 Å². The molecule has 1 atom stereocenters. The lowest BCUT2D eigenvalue weighted by molar-refractivity contribution is 0.469. The van der Waals surface area contributed by atoms with Gasteiger partial charge in [0.25, 0.3) is 0 Å². The highest BCUT2D eigenvalue weighted by Gasteiger charge is 2.31. The van der Waals surface area contributed by atoms with Crippen LogP contribution in [0.25, 0.3) is 0 Å². The summed E-state index contributed by atoms with van der Waals surface area (Å²) in [6, 6.07) is 0. The van der Waals surface area contributed by atoms with Gasteiger partial charge in [-0.25, -0.2) is 0 Å². The van der Waals surface area contributed by atoms with E-state index in [-0.39, 0.29) is 5.41 Å². The van der Waals surface area contributed by atoms with Gasteiger partial charge in [0.15, 0.2) is 0 Å². The Morgan fingerprint density at radius 3 is 2.69 bits per heavy atom. The predicted octanol–water partition coefficient (Wildman–Crippen LogP) is 3.44. The van der Waals surface area contributed by atoms with E-state index in [0.29, 0.717) is 0 Å². The first-order valence-electron chi connectivity index (χ1n) is 6.12. The van der Waals surface area contributed by atoms with Crippen LogP contribution in [-0.2, 0) is 0 Å². The van der Waals surface area contributed by atoms with Crippen LogP contribution in [0.15, 0.2) is 40.6 Å². The Hall–Kier alpha value is -1.31. The van der Waals surface area contributed by atoms with E-state index < -0.39 is 0 Å². The van der Waals surface area contributed by atoms with Crippen molar-refractivity contribution in [2.45, 2.75) is 34.1 Å². The van der Waals surface area contributed by atoms with Gasteiger partial charge in [0.05, 0.1) is 12.8 Å². The summed E-state index contributed by atoms with van der Waals surface area (Å²) in [6.45, 7) is 9.37. The first-order chi connectivity index (χ1) is 7.77. The minimum atomic E-state index is 0.149. The van der Waals surface area contributed by atoms with Gasteiger partial charge in [0, 0.05) is 5.41 Å². The van der Waals surface area contributed by atoms with Crippen molar-refractivity contribution in [3.8, 4) is 0 Å². The van der Waals surface area contributed by atoms with Crippen molar-refractivity contribution in [2.75, 3.05) is 6.54 Å². The fraction of sp³-hybridized carbons (Fsp3) is 0.500. The average molecular weight is 218 g/mol. The largest absolute Gasteiger partial charge is 0.306 e. The third kappa shape index (κ3) is 2.26. The molecule has 1 unspecified atom stereocenters. The molecule has 0 aromatic heterocycles. The second-order valence-electron chi connectivity index (χ2n) is 3.98. The second kappa shape index (κ2) is 5.69. The predicted molar refractivity (Wildman–Crippen MR) is 71.5 cm³/mol. The zero-order valence-corrected chi connectivity index (χ0v) is 10.7. The van der Waals surface area contributed by atoms with Gasteiger partial charge < -0.3 is 5.43 Å². The van der Waals surface area contributed by atoms with Crippen molar-refractivity contribution >= 4 is 6.21 Å². The average Bonchev–Trinajstić information content (AvgIpc) is 2.60. The van der Waals surface area contributed by atoms with Crippen LogP contribution in [-0.4, -0.2) is 12.8 Å². The van der Waals surface area contributed by atoms with E-state index in [4.69, 9.17) is 0 Å². The fourth-order valence-corrected chi connectivity index (χ4v) is 2.00. The number of fused-ring (bicyclic) bond motifs is 2. The molecule has 0 radical (unpaired) electrons. The molecule has 16 heavy (non-hydrogen) atoms. The number of rotatable bonds is 1. The first-order valence-corrected chi connectivity index (χ1v) is 6.12. The summed E-state index contributed by atoms with van der Waals surface area (Å²) >= 11 is 0. The molecule has 2 heteroatoms. The zero-order chi connectivity index (χ0) is 12.0. The molecule has 0 aromatic carbocycles. The van der Waals surface area contributed by atoms with Crippen molar-refractivity contribution < 1.29 is 0 Å². The van der Waals surface area contributed by atoms with Crippen LogP contribution < -0.4 is 5.43 Å². The molecule has 1 N–H and O–H groups in total. The summed E-state index contributed by atoms with van der Waals surface area (Å²) in [6.07, 6.45) is 11.6. The van der Waals surface area contributed by atoms with E-state index in [1.165, 1.54) is 11.1 Å². The number of hydrogen-bond donors (Lipinski definition) is 1. The van der Waals surface area contributed by atoms with Gasteiger partial charge >= 0.3 is 0 Å². The number of hydrazone groups is 1. The van der Waals surface area contributed by atoms with E-state index in [9.17, 15) is 0 Å². The number of allylic oxidation sites excluding steroid dienone is 5. The van der Waals surface area contributed by atoms with Crippen molar-refractivity contribution in [3.05, 3.63) is 35.5 Å². The van der Waals surface area contributed by atoms with Crippen LogP contribution in [0.3, 0.4) is 0 Å². The van der Waals surface area contributed by atoms with E-state index in [1.54, 1.807) is 0 Å². The summed E-state index contributed by atoms with van der Waals surface area (Å²) in [5, 5.41) is 4.18. The van der Waals surface area contributed by atoms with Crippen molar-refractivity contribution in [2.24, 2.45) is 10.5 Å². The highest BCUT2D eigenvalue weighted by molar-refractivity contribution is 5.82. The molecule has 88 valence electrons. The molecule has 1 aliphatic heterocycles. The molecular weight excluding hydrogens is 196 g/mol. The summed E-state index contributed by atoms with van der Waals surface area (Å²) < 4.78 is 0. The van der Waals surface area contributed by atoms with E-state index >= 15 is 0 Å². The normalized spacial score (nSPS) is 26.5. The van der Waals surface area contributed by atoms with E-state index in [0.717, 1.165) is 13.0 Å². The van der Waals surface area contributed by atoms with Gasteiger partial charge in [0.2, 0.25) is 0 Å². The molecule has 2 nitrogen and oxygen atoms in total. The molecule has 0 aromatic rings. The maximum absolute atomic E-state index is 4.18. The summed E-state index contributed by atoms with van der Waals surface area (Å²) in [5.74, 6) is 0. The molecule has 0 amide bonds. The molecule has 2 rings (SSSR count). The van der Waals surface area contributed by atoms with Crippen molar-refractivity contribution in [1.29, 1.82) is 0 Å². The van der Waals surface area contributed by atoms with Gasteiger partial charge in [-0.05, 0) is 17.6 Å². The van der Waals surface area contributed by atoms with Crippen molar-refractivity contribution in [1.82, 2.24) is 5.43 Å². The van der Waals surface area contributed by atoms with Gasteiger partial charge in [-0.2, -0.15) is 5.10 Å². The van der Waals surface area contributed by atoms with Crippen LogP contribution in [0.1, 0.15) is 34.1 Å². The molecule has 2 bridgehead atoms. The SMILES string of the molecule is CC.CCC1(C)C2=CC=CC=C1CNN=C2. The first kappa shape index (κ1) is 12.8. The standard InChI is InChI=1S/C12H16N2.C2H6/c1-3-12(2)10-6-4-5-7-11(12)9-14-13-8-10;1-2/h4-8,14H,3,9H2,1-2H3;1-2H3. The number of nitrogens with one attached hydrogen (secondary N) is 1. The quantitative estimate of drug-likeness (QED) is 0.716. The van der Waals surface area contributed by atoms with Crippen LogP contribution in [0.5, 0.6) is 0 Å². The zero-order valence-electron chi connectivity index (χ0n) is 10.7. The van der Waals surface area contributed by atoms with Gasteiger partial charge in [-0.3, -0.25) is 0 Å². The minimum absolute atomic E-state index is 0.149. The Kier molecular flexibility index (Phi) is 4.53. The molecule has 0 fully saturated rings. The van der Waals surface area contributed by atoms with Crippen LogP contribution >= 0.6 is 0 Å². The summed E-state index contributed by atoms with van der Waals surface area (Å²) in [4.78, 5) is 0. The molecule has 1 aliphatic carbocycles. The Morgan fingerprint density at radius 2 is 2.00 bits per heavy atom. The van der Waals surface area contributed by atoms with Crippen LogP contribution in [0.4, 0.5) is 0 Å². The lowest BCUT2D eigenvalue weighted by Gasteiger charge is -2.30. The smallest absolute Gasteiger partial charge is 0.0551 e. The third-order valence-corrected chi connectivity index (χ3v) is 3.30. The Bertz CT molecular complexity index is 348. The maximum Gasteiger partial charge on any atom is 0.0551 e. The van der Waals surface area contributed by atoms with Crippen LogP contribution in [0.2, 0.25) is 0 Å². The van der Waals surface area contributed by atoms with Gasteiger partial charge in [-0.15, -0.1) is 0 Å².